The van der Waals surface area contributed by atoms with Gasteiger partial charge in [0.1, 0.15) is 17.0 Å². The van der Waals surface area contributed by atoms with E-state index in [1.807, 2.05) is 47.4 Å². The zero-order valence-electron chi connectivity index (χ0n) is 25.3. The standard InChI is InChI=1S/C33H38FN7O3/c1-17(36-32(43)33(34)10-11-33)24-8-6-20-12-26(39(30(20)37-24)16-19-4-5-19)29-18(2)40-27(38-29)13-21(14-28(40)44-3)31(42)41-22-7-9-25(41)23(35)15-22/h6,8,12-14,17,19,22-23,25H,4-5,7,9-11,15-16,35H2,1-3H3,(H,36,43)/t17-,22+,23-,25-/m1/s1. The van der Waals surface area contributed by atoms with Crippen molar-refractivity contribution in [1.82, 2.24) is 29.2 Å². The molecule has 2 aliphatic carbocycles. The molecule has 0 spiro atoms. The predicted molar refractivity (Wildman–Crippen MR) is 163 cm³/mol. The summed E-state index contributed by atoms with van der Waals surface area (Å²) in [4.78, 5) is 38.2. The van der Waals surface area contributed by atoms with Crippen LogP contribution in [0.5, 0.6) is 5.88 Å². The highest BCUT2D eigenvalue weighted by molar-refractivity contribution is 5.97. The molecule has 8 rings (SSSR count). The first-order valence-electron chi connectivity index (χ1n) is 15.8. The average Bonchev–Trinajstić information content (AvgIpc) is 3.84. The summed E-state index contributed by atoms with van der Waals surface area (Å²) in [6.07, 6.45) is 5.68. The molecule has 4 aliphatic rings. The number of hydrogen-bond acceptors (Lipinski definition) is 6. The molecule has 2 saturated heterocycles. The fourth-order valence-electron chi connectivity index (χ4n) is 7.35. The fraction of sp³-hybridized carbons (Fsp3) is 0.515. The smallest absolute Gasteiger partial charge is 0.258 e. The van der Waals surface area contributed by atoms with Crippen molar-refractivity contribution < 1.29 is 18.7 Å². The Morgan fingerprint density at radius 1 is 1.16 bits per heavy atom. The lowest BCUT2D eigenvalue weighted by molar-refractivity contribution is -0.128. The van der Waals surface area contributed by atoms with E-state index in [0.717, 1.165) is 66.8 Å². The van der Waals surface area contributed by atoms with Crippen LogP contribution >= 0.6 is 0 Å². The van der Waals surface area contributed by atoms with Gasteiger partial charge in [-0.3, -0.25) is 14.0 Å². The van der Waals surface area contributed by atoms with Crippen molar-refractivity contribution in [2.75, 3.05) is 7.11 Å². The third-order valence-corrected chi connectivity index (χ3v) is 10.2. The zero-order valence-corrected chi connectivity index (χ0v) is 25.3. The predicted octanol–water partition coefficient (Wildman–Crippen LogP) is 4.46. The molecule has 6 heterocycles. The van der Waals surface area contributed by atoms with Gasteiger partial charge in [-0.15, -0.1) is 0 Å². The van der Waals surface area contributed by atoms with Crippen LogP contribution in [-0.2, 0) is 11.3 Å². The number of aryl methyl sites for hydroxylation is 1. The summed E-state index contributed by atoms with van der Waals surface area (Å²) in [5.74, 6) is 0.531. The van der Waals surface area contributed by atoms with Crippen molar-refractivity contribution in [3.05, 3.63) is 47.3 Å². The number of alkyl halides is 1. The van der Waals surface area contributed by atoms with Crippen molar-refractivity contribution in [2.45, 2.75) is 95.2 Å². The highest BCUT2D eigenvalue weighted by Gasteiger charge is 2.51. The molecule has 4 aromatic heterocycles. The Hall–Kier alpha value is -3.99. The van der Waals surface area contributed by atoms with Gasteiger partial charge in [-0.25, -0.2) is 14.4 Å². The first-order valence-corrected chi connectivity index (χ1v) is 15.8. The lowest BCUT2D eigenvalue weighted by Gasteiger charge is -2.23. The number of amides is 2. The van der Waals surface area contributed by atoms with E-state index in [1.54, 1.807) is 7.11 Å². The molecular weight excluding hydrogens is 561 g/mol. The molecule has 11 heteroatoms. The Bertz CT molecular complexity index is 1840. The monoisotopic (exact) mass is 599 g/mol. The number of imidazole rings is 1. The van der Waals surface area contributed by atoms with E-state index in [2.05, 4.69) is 16.0 Å². The number of carbonyl (C=O) groups excluding carboxylic acids is 2. The fourth-order valence-corrected chi connectivity index (χ4v) is 7.35. The molecule has 230 valence electrons. The second-order valence-electron chi connectivity index (χ2n) is 13.3. The number of hydrogen-bond donors (Lipinski definition) is 2. The van der Waals surface area contributed by atoms with Gasteiger partial charge in [-0.1, -0.05) is 0 Å². The van der Waals surface area contributed by atoms with E-state index in [1.165, 1.54) is 0 Å². The van der Waals surface area contributed by atoms with E-state index >= 15 is 0 Å². The van der Waals surface area contributed by atoms with Crippen molar-refractivity contribution in [3.8, 4) is 17.3 Å². The number of nitrogens with zero attached hydrogens (tertiary/aromatic N) is 5. The molecule has 3 N–H and O–H groups in total. The number of methoxy groups -OCH3 is 1. The Labute approximate surface area is 254 Å². The normalized spacial score (nSPS) is 24.3. The van der Waals surface area contributed by atoms with Crippen LogP contribution in [0.15, 0.2) is 30.3 Å². The lowest BCUT2D eigenvalue weighted by Crippen LogP contribution is -2.40. The summed E-state index contributed by atoms with van der Waals surface area (Å²) in [6, 6.07) is 9.56. The summed E-state index contributed by atoms with van der Waals surface area (Å²) in [5.41, 5.74) is 9.93. The number of nitrogens with one attached hydrogen (secondary N) is 1. The highest BCUT2D eigenvalue weighted by Crippen LogP contribution is 2.41. The largest absolute Gasteiger partial charge is 0.482 e. The van der Waals surface area contributed by atoms with Crippen molar-refractivity contribution in [3.63, 3.8) is 0 Å². The van der Waals surface area contributed by atoms with Gasteiger partial charge in [-0.2, -0.15) is 0 Å². The van der Waals surface area contributed by atoms with Gasteiger partial charge in [0.15, 0.2) is 11.5 Å². The molecule has 4 fully saturated rings. The van der Waals surface area contributed by atoms with Gasteiger partial charge in [0, 0.05) is 41.7 Å². The number of pyridine rings is 2. The Kier molecular flexibility index (Phi) is 6.11. The summed E-state index contributed by atoms with van der Waals surface area (Å²) in [5, 5.41) is 3.77. The second kappa shape index (κ2) is 9.76. The van der Waals surface area contributed by atoms with Gasteiger partial charge < -0.3 is 25.3 Å². The summed E-state index contributed by atoms with van der Waals surface area (Å²) >= 11 is 0. The Morgan fingerprint density at radius 2 is 1.95 bits per heavy atom. The van der Waals surface area contributed by atoms with Crippen LogP contribution < -0.4 is 15.8 Å². The van der Waals surface area contributed by atoms with Crippen LogP contribution in [0.3, 0.4) is 0 Å². The van der Waals surface area contributed by atoms with Gasteiger partial charge in [-0.05, 0) is 89.0 Å². The lowest BCUT2D eigenvalue weighted by atomic mass is 9.97. The number of nitrogens with two attached hydrogens (primary N) is 1. The molecule has 0 aromatic carbocycles. The SMILES string of the molecule is COc1cc(C(=O)N2[C@H]3CC[C@@H]2[C@H](N)C3)cc2nc(-c3cc4ccc([C@@H](C)NC(=O)C5(F)CC5)nc4n3CC3CC3)c(C)n12. The Morgan fingerprint density at radius 3 is 2.61 bits per heavy atom. The molecule has 2 aliphatic heterocycles. The van der Waals surface area contributed by atoms with Gasteiger partial charge in [0.25, 0.3) is 11.8 Å². The third-order valence-electron chi connectivity index (χ3n) is 10.2. The van der Waals surface area contributed by atoms with E-state index in [4.69, 9.17) is 20.4 Å². The number of rotatable bonds is 8. The Balaban J connectivity index is 1.19. The second-order valence-corrected chi connectivity index (χ2v) is 13.3. The maximum atomic E-state index is 14.3. The minimum Gasteiger partial charge on any atom is -0.482 e. The van der Waals surface area contributed by atoms with Gasteiger partial charge in [0.05, 0.1) is 30.2 Å². The molecule has 4 atom stereocenters. The zero-order chi connectivity index (χ0) is 30.5. The first kappa shape index (κ1) is 27.6. The minimum atomic E-state index is -1.73. The highest BCUT2D eigenvalue weighted by atomic mass is 19.1. The average molecular weight is 600 g/mol. The number of aromatic nitrogens is 4. The minimum absolute atomic E-state index is 0.0189. The number of fused-ring (bicyclic) bond motifs is 4. The number of halogens is 1. The van der Waals surface area contributed by atoms with Gasteiger partial charge in [0.2, 0.25) is 0 Å². The van der Waals surface area contributed by atoms with Gasteiger partial charge >= 0.3 is 0 Å². The number of ether oxygens (including phenoxy) is 1. The summed E-state index contributed by atoms with van der Waals surface area (Å²) in [7, 11) is 1.61. The van der Waals surface area contributed by atoms with Crippen molar-refractivity contribution >= 4 is 28.5 Å². The van der Waals surface area contributed by atoms with Crippen LogP contribution in [0.1, 0.15) is 79.7 Å². The molecule has 2 saturated carbocycles. The maximum Gasteiger partial charge on any atom is 0.258 e. The summed E-state index contributed by atoms with van der Waals surface area (Å²) in [6.45, 7) is 4.65. The quantitative estimate of drug-likeness (QED) is 0.309. The van der Waals surface area contributed by atoms with Crippen LogP contribution in [0.25, 0.3) is 28.1 Å². The topological polar surface area (TPSA) is 120 Å². The molecule has 4 aromatic rings. The first-order chi connectivity index (χ1) is 21.1. The van der Waals surface area contributed by atoms with Crippen LogP contribution in [-0.4, -0.2) is 66.6 Å². The maximum absolute atomic E-state index is 14.3. The molecular formula is C33H38FN7O3. The molecule has 0 unspecified atom stereocenters. The third kappa shape index (κ3) is 4.30. The molecule has 0 radical (unpaired) electrons. The molecule has 2 bridgehead atoms. The van der Waals surface area contributed by atoms with Crippen molar-refractivity contribution in [2.24, 2.45) is 11.7 Å². The van der Waals surface area contributed by atoms with Crippen LogP contribution in [0.2, 0.25) is 0 Å². The van der Waals surface area contributed by atoms with E-state index in [9.17, 15) is 14.0 Å². The van der Waals surface area contributed by atoms with E-state index in [0.29, 0.717) is 28.7 Å². The van der Waals surface area contributed by atoms with Crippen LogP contribution in [0.4, 0.5) is 4.39 Å². The number of carbonyl (C=O) groups is 2. The van der Waals surface area contributed by atoms with E-state index < -0.39 is 17.6 Å². The van der Waals surface area contributed by atoms with Crippen molar-refractivity contribution in [1.29, 1.82) is 0 Å². The molecule has 10 nitrogen and oxygen atoms in total. The summed E-state index contributed by atoms with van der Waals surface area (Å²) < 4.78 is 24.3. The van der Waals surface area contributed by atoms with Crippen LogP contribution in [0, 0.1) is 12.8 Å². The van der Waals surface area contributed by atoms with E-state index in [-0.39, 0.29) is 36.9 Å². The molecule has 2 amide bonds. The molecule has 44 heavy (non-hydrogen) atoms.